The molecular formula is C17H15FN4O2. The lowest BCUT2D eigenvalue weighted by atomic mass is 10.1. The van der Waals surface area contributed by atoms with Crippen LogP contribution in [0.1, 0.15) is 17.3 Å². The monoisotopic (exact) mass is 326 g/mol. The summed E-state index contributed by atoms with van der Waals surface area (Å²) in [6.45, 7) is 2.42. The predicted octanol–water partition coefficient (Wildman–Crippen LogP) is 2.76. The number of tetrazole rings is 1. The summed E-state index contributed by atoms with van der Waals surface area (Å²) in [6, 6.07) is 12.8. The maximum Gasteiger partial charge on any atom is 0.205 e. The Kier molecular flexibility index (Phi) is 4.60. The number of ether oxygens (including phenoxy) is 1. The first kappa shape index (κ1) is 15.8. The number of halogens is 1. The summed E-state index contributed by atoms with van der Waals surface area (Å²) in [4.78, 5) is 13.4. The molecule has 0 aliphatic rings. The van der Waals surface area contributed by atoms with Gasteiger partial charge in [0.15, 0.2) is 5.78 Å². The van der Waals surface area contributed by atoms with Gasteiger partial charge < -0.3 is 4.74 Å². The topological polar surface area (TPSA) is 69.9 Å². The van der Waals surface area contributed by atoms with Crippen LogP contribution in [-0.2, 0) is 6.54 Å². The van der Waals surface area contributed by atoms with E-state index in [1.165, 1.54) is 16.9 Å². The predicted molar refractivity (Wildman–Crippen MR) is 85.2 cm³/mol. The molecule has 0 aliphatic heterocycles. The van der Waals surface area contributed by atoms with Gasteiger partial charge in [-0.15, -0.1) is 10.2 Å². The van der Waals surface area contributed by atoms with Crippen molar-refractivity contribution < 1.29 is 13.9 Å². The van der Waals surface area contributed by atoms with Crippen molar-refractivity contribution in [3.63, 3.8) is 0 Å². The molecule has 1 aromatic heterocycles. The van der Waals surface area contributed by atoms with E-state index in [4.69, 9.17) is 4.74 Å². The normalized spacial score (nSPS) is 10.6. The Morgan fingerprint density at radius 1 is 1.21 bits per heavy atom. The zero-order valence-electron chi connectivity index (χ0n) is 13.0. The molecule has 3 rings (SSSR count). The molecule has 0 saturated carbocycles. The van der Waals surface area contributed by atoms with E-state index in [1.54, 1.807) is 36.4 Å². The van der Waals surface area contributed by atoms with Crippen LogP contribution in [0.3, 0.4) is 0 Å². The molecule has 7 heteroatoms. The summed E-state index contributed by atoms with van der Waals surface area (Å²) < 4.78 is 18.6. The van der Waals surface area contributed by atoms with Gasteiger partial charge in [0.2, 0.25) is 5.82 Å². The highest BCUT2D eigenvalue weighted by atomic mass is 19.1. The van der Waals surface area contributed by atoms with E-state index in [9.17, 15) is 9.18 Å². The van der Waals surface area contributed by atoms with Crippen molar-refractivity contribution in [2.75, 3.05) is 6.61 Å². The van der Waals surface area contributed by atoms with E-state index in [0.717, 1.165) is 0 Å². The van der Waals surface area contributed by atoms with Crippen LogP contribution < -0.4 is 4.74 Å². The molecule has 0 spiro atoms. The molecule has 2 aromatic carbocycles. The van der Waals surface area contributed by atoms with E-state index in [-0.39, 0.29) is 24.0 Å². The molecule has 0 aliphatic carbocycles. The summed E-state index contributed by atoms with van der Waals surface area (Å²) in [7, 11) is 0. The number of hydrogen-bond donors (Lipinski definition) is 0. The van der Waals surface area contributed by atoms with Crippen molar-refractivity contribution in [3.05, 3.63) is 59.9 Å². The third-order valence-corrected chi connectivity index (χ3v) is 3.31. The maximum atomic E-state index is 13.2. The van der Waals surface area contributed by atoms with Crippen molar-refractivity contribution >= 4 is 5.78 Å². The second kappa shape index (κ2) is 6.99. The van der Waals surface area contributed by atoms with Gasteiger partial charge in [-0.1, -0.05) is 12.1 Å². The molecule has 3 aromatic rings. The number of hydrogen-bond acceptors (Lipinski definition) is 5. The van der Waals surface area contributed by atoms with Crippen LogP contribution in [0.15, 0.2) is 48.5 Å². The fraction of sp³-hybridized carbons (Fsp3) is 0.176. The van der Waals surface area contributed by atoms with Crippen LogP contribution in [0, 0.1) is 5.82 Å². The van der Waals surface area contributed by atoms with E-state index in [1.807, 2.05) is 6.92 Å². The third-order valence-electron chi connectivity index (χ3n) is 3.31. The number of carbonyl (C=O) groups excluding carboxylic acids is 1. The number of Topliss-reactive ketones (excluding diaryl/α,β-unsaturated/α-hetero) is 1. The average molecular weight is 326 g/mol. The van der Waals surface area contributed by atoms with Gasteiger partial charge in [0, 0.05) is 11.1 Å². The highest BCUT2D eigenvalue weighted by Gasteiger charge is 2.11. The maximum absolute atomic E-state index is 13.2. The molecule has 0 bridgehead atoms. The van der Waals surface area contributed by atoms with Crippen LogP contribution in [0.25, 0.3) is 11.4 Å². The molecular weight excluding hydrogens is 311 g/mol. The Morgan fingerprint density at radius 2 is 2.00 bits per heavy atom. The lowest BCUT2D eigenvalue weighted by Crippen LogP contribution is -2.13. The molecule has 6 nitrogen and oxygen atoms in total. The van der Waals surface area contributed by atoms with Crippen LogP contribution >= 0.6 is 0 Å². The first-order valence-electron chi connectivity index (χ1n) is 7.45. The molecule has 122 valence electrons. The zero-order chi connectivity index (χ0) is 16.9. The fourth-order valence-electron chi connectivity index (χ4n) is 2.18. The van der Waals surface area contributed by atoms with E-state index >= 15 is 0 Å². The minimum atomic E-state index is -0.380. The van der Waals surface area contributed by atoms with Crippen LogP contribution in [0.4, 0.5) is 4.39 Å². The highest BCUT2D eigenvalue weighted by molar-refractivity contribution is 5.95. The lowest BCUT2D eigenvalue weighted by molar-refractivity contribution is 0.0961. The van der Waals surface area contributed by atoms with Crippen LogP contribution in [-0.4, -0.2) is 32.6 Å². The fourth-order valence-corrected chi connectivity index (χ4v) is 2.18. The number of rotatable bonds is 6. The zero-order valence-corrected chi connectivity index (χ0v) is 13.0. The average Bonchev–Trinajstić information content (AvgIpc) is 3.04. The summed E-state index contributed by atoms with van der Waals surface area (Å²) in [6.07, 6.45) is 0. The van der Waals surface area contributed by atoms with Gasteiger partial charge in [0.25, 0.3) is 0 Å². The first-order chi connectivity index (χ1) is 11.7. The highest BCUT2D eigenvalue weighted by Crippen LogP contribution is 2.15. The van der Waals surface area contributed by atoms with Gasteiger partial charge in [0.05, 0.1) is 6.61 Å². The van der Waals surface area contributed by atoms with Crippen molar-refractivity contribution in [1.29, 1.82) is 0 Å². The summed E-state index contributed by atoms with van der Waals surface area (Å²) >= 11 is 0. The van der Waals surface area contributed by atoms with Crippen molar-refractivity contribution in [3.8, 4) is 17.1 Å². The molecule has 0 amide bonds. The van der Waals surface area contributed by atoms with E-state index in [0.29, 0.717) is 23.5 Å². The number of nitrogens with zero attached hydrogens (tertiary/aromatic N) is 4. The molecule has 24 heavy (non-hydrogen) atoms. The van der Waals surface area contributed by atoms with Gasteiger partial charge >= 0.3 is 0 Å². The second-order valence-corrected chi connectivity index (χ2v) is 5.03. The Bertz CT molecular complexity index is 846. The van der Waals surface area contributed by atoms with Gasteiger partial charge in [-0.2, -0.15) is 4.80 Å². The molecule has 1 heterocycles. The minimum Gasteiger partial charge on any atom is -0.494 e. The standard InChI is InChI=1S/C17H15FN4O2/c1-2-24-15-8-6-12(7-9-15)16(23)11-22-20-17(19-21-22)13-4-3-5-14(18)10-13/h3-10H,2,11H2,1H3. The molecule has 0 saturated heterocycles. The number of ketones is 1. The number of aromatic nitrogens is 4. The molecule has 0 N–H and O–H groups in total. The lowest BCUT2D eigenvalue weighted by Gasteiger charge is -2.04. The quantitative estimate of drug-likeness (QED) is 0.652. The molecule has 0 atom stereocenters. The van der Waals surface area contributed by atoms with E-state index < -0.39 is 0 Å². The summed E-state index contributed by atoms with van der Waals surface area (Å²) in [5, 5.41) is 11.8. The summed E-state index contributed by atoms with van der Waals surface area (Å²) in [5.74, 6) is 0.450. The third kappa shape index (κ3) is 3.62. The number of carbonyl (C=O) groups is 1. The summed E-state index contributed by atoms with van der Waals surface area (Å²) in [5.41, 5.74) is 1.04. The van der Waals surface area contributed by atoms with Crippen molar-refractivity contribution in [2.24, 2.45) is 0 Å². The van der Waals surface area contributed by atoms with Gasteiger partial charge in [-0.25, -0.2) is 4.39 Å². The van der Waals surface area contributed by atoms with Crippen molar-refractivity contribution in [2.45, 2.75) is 13.5 Å². The molecule has 0 unspecified atom stereocenters. The first-order valence-corrected chi connectivity index (χ1v) is 7.45. The van der Waals surface area contributed by atoms with Gasteiger partial charge in [-0.3, -0.25) is 4.79 Å². The van der Waals surface area contributed by atoms with Gasteiger partial charge in [0.1, 0.15) is 18.1 Å². The Morgan fingerprint density at radius 3 is 2.71 bits per heavy atom. The Hall–Kier alpha value is -3.09. The van der Waals surface area contributed by atoms with Crippen LogP contribution in [0.2, 0.25) is 0 Å². The molecule has 0 fully saturated rings. The smallest absolute Gasteiger partial charge is 0.205 e. The van der Waals surface area contributed by atoms with Crippen molar-refractivity contribution in [1.82, 2.24) is 20.2 Å². The number of benzene rings is 2. The SMILES string of the molecule is CCOc1ccc(C(=O)Cn2nnc(-c3cccc(F)c3)n2)cc1. The van der Waals surface area contributed by atoms with Crippen LogP contribution in [0.5, 0.6) is 5.75 Å². The Balaban J connectivity index is 1.71. The largest absolute Gasteiger partial charge is 0.494 e. The van der Waals surface area contributed by atoms with Gasteiger partial charge in [-0.05, 0) is 48.5 Å². The molecule has 0 radical (unpaired) electrons. The second-order valence-electron chi connectivity index (χ2n) is 5.03. The van der Waals surface area contributed by atoms with E-state index in [2.05, 4.69) is 15.4 Å². The Labute approximate surface area is 137 Å². The minimum absolute atomic E-state index is 0.0453.